The molecule has 12 heteroatoms. The summed E-state index contributed by atoms with van der Waals surface area (Å²) in [5, 5.41) is 11.0. The number of aromatic carboxylic acids is 1. The van der Waals surface area contributed by atoms with Crippen molar-refractivity contribution in [2.45, 2.75) is 18.0 Å². The standard InChI is InChI=1S/C23H18ClF3N2O5S/c1-14-6-9-16(10-7-14)35(33,34)29(15-8-11-19(24)18(12-15)23(25,26)27)13-21(30)28-20-5-3-2-4-17(20)22(31)32/h2-12H,13H2,1H3,(H,28,30)(H,31,32). The lowest BCUT2D eigenvalue weighted by atomic mass is 10.1. The molecule has 0 atom stereocenters. The second-order valence-corrected chi connectivity index (χ2v) is 9.66. The lowest BCUT2D eigenvalue weighted by Crippen LogP contribution is -2.38. The summed E-state index contributed by atoms with van der Waals surface area (Å²) in [6.07, 6.45) is -4.88. The molecule has 3 rings (SSSR count). The van der Waals surface area contributed by atoms with E-state index in [0.29, 0.717) is 10.4 Å². The third kappa shape index (κ3) is 5.92. The lowest BCUT2D eigenvalue weighted by Gasteiger charge is -2.25. The van der Waals surface area contributed by atoms with Gasteiger partial charge in [0.2, 0.25) is 5.91 Å². The van der Waals surface area contributed by atoms with Crippen molar-refractivity contribution >= 4 is 44.9 Å². The molecule has 0 radical (unpaired) electrons. The summed E-state index contributed by atoms with van der Waals surface area (Å²) in [6, 6.07) is 13.4. The van der Waals surface area contributed by atoms with Crippen LogP contribution < -0.4 is 9.62 Å². The van der Waals surface area contributed by atoms with Gasteiger partial charge in [0, 0.05) is 0 Å². The number of nitrogens with zero attached hydrogens (tertiary/aromatic N) is 1. The minimum Gasteiger partial charge on any atom is -0.478 e. The quantitative estimate of drug-likeness (QED) is 0.440. The molecular formula is C23H18ClF3N2O5S. The maximum Gasteiger partial charge on any atom is 0.417 e. The van der Waals surface area contributed by atoms with Crippen molar-refractivity contribution in [3.63, 3.8) is 0 Å². The number of anilines is 2. The largest absolute Gasteiger partial charge is 0.478 e. The number of alkyl halides is 3. The van der Waals surface area contributed by atoms with E-state index in [1.807, 2.05) is 0 Å². The van der Waals surface area contributed by atoms with Crippen LogP contribution in [0.25, 0.3) is 0 Å². The first kappa shape index (κ1) is 26.0. The molecule has 0 unspecified atom stereocenters. The first-order valence-electron chi connectivity index (χ1n) is 9.89. The zero-order chi connectivity index (χ0) is 26.0. The molecule has 0 spiro atoms. The van der Waals surface area contributed by atoms with E-state index in [1.165, 1.54) is 48.5 Å². The molecule has 0 heterocycles. The van der Waals surface area contributed by atoms with Crippen LogP contribution in [0.15, 0.2) is 71.6 Å². The van der Waals surface area contributed by atoms with Crippen LogP contribution in [0, 0.1) is 6.92 Å². The average molecular weight is 527 g/mol. The summed E-state index contributed by atoms with van der Waals surface area (Å²) < 4.78 is 67.6. The van der Waals surface area contributed by atoms with Crippen LogP contribution in [-0.4, -0.2) is 31.9 Å². The molecule has 0 aliphatic heterocycles. The van der Waals surface area contributed by atoms with Crippen molar-refractivity contribution < 1.29 is 36.3 Å². The van der Waals surface area contributed by atoms with E-state index in [0.717, 1.165) is 17.7 Å². The third-order valence-electron chi connectivity index (χ3n) is 4.87. The van der Waals surface area contributed by atoms with Crippen molar-refractivity contribution in [3.05, 3.63) is 88.4 Å². The Balaban J connectivity index is 2.07. The molecule has 0 saturated heterocycles. The number of halogens is 4. The van der Waals surface area contributed by atoms with Gasteiger partial charge in [0.1, 0.15) is 6.54 Å². The van der Waals surface area contributed by atoms with E-state index in [2.05, 4.69) is 5.32 Å². The van der Waals surface area contributed by atoms with Crippen LogP contribution >= 0.6 is 11.6 Å². The van der Waals surface area contributed by atoms with Gasteiger partial charge in [0.05, 0.1) is 32.4 Å². The number of aryl methyl sites for hydroxylation is 1. The Bertz CT molecular complexity index is 1380. The molecule has 0 saturated carbocycles. The Morgan fingerprint density at radius 3 is 2.26 bits per heavy atom. The normalized spacial score (nSPS) is 11.7. The van der Waals surface area contributed by atoms with Crippen molar-refractivity contribution in [1.29, 1.82) is 0 Å². The van der Waals surface area contributed by atoms with E-state index < -0.39 is 50.9 Å². The highest BCUT2D eigenvalue weighted by Gasteiger charge is 2.35. The fourth-order valence-corrected chi connectivity index (χ4v) is 4.77. The fraction of sp³-hybridized carbons (Fsp3) is 0.130. The van der Waals surface area contributed by atoms with Gasteiger partial charge in [0.25, 0.3) is 10.0 Å². The van der Waals surface area contributed by atoms with Crippen molar-refractivity contribution in [2.75, 3.05) is 16.2 Å². The molecule has 7 nitrogen and oxygen atoms in total. The number of hydrogen-bond acceptors (Lipinski definition) is 4. The minimum atomic E-state index is -4.88. The molecule has 0 bridgehead atoms. The number of carboxylic acids is 1. The van der Waals surface area contributed by atoms with Gasteiger partial charge in [-0.3, -0.25) is 9.10 Å². The molecule has 0 aliphatic rings. The topological polar surface area (TPSA) is 104 Å². The number of carboxylic acid groups (broad SMARTS) is 1. The Labute approximate surface area is 203 Å². The number of carbonyl (C=O) groups excluding carboxylic acids is 1. The van der Waals surface area contributed by atoms with Gasteiger partial charge >= 0.3 is 12.1 Å². The number of amides is 1. The van der Waals surface area contributed by atoms with Gasteiger partial charge in [-0.25, -0.2) is 13.2 Å². The average Bonchev–Trinajstić information content (AvgIpc) is 2.77. The second-order valence-electron chi connectivity index (χ2n) is 7.39. The number of sulfonamides is 1. The van der Waals surface area contributed by atoms with Crippen LogP contribution in [-0.2, 0) is 21.0 Å². The van der Waals surface area contributed by atoms with E-state index in [1.54, 1.807) is 6.92 Å². The van der Waals surface area contributed by atoms with E-state index in [4.69, 9.17) is 11.6 Å². The summed E-state index contributed by atoms with van der Waals surface area (Å²) in [5.74, 6) is -2.31. The SMILES string of the molecule is Cc1ccc(S(=O)(=O)N(CC(=O)Nc2ccccc2C(=O)O)c2ccc(Cl)c(C(F)(F)F)c2)cc1. The number of hydrogen-bond donors (Lipinski definition) is 2. The smallest absolute Gasteiger partial charge is 0.417 e. The van der Waals surface area contributed by atoms with Crippen LogP contribution in [0.4, 0.5) is 24.5 Å². The van der Waals surface area contributed by atoms with Gasteiger partial charge in [-0.05, 0) is 49.4 Å². The van der Waals surface area contributed by atoms with Crippen molar-refractivity contribution in [2.24, 2.45) is 0 Å². The molecule has 1 amide bonds. The highest BCUT2D eigenvalue weighted by Crippen LogP contribution is 2.38. The maximum atomic E-state index is 13.4. The number of nitrogens with one attached hydrogen (secondary N) is 1. The summed E-state index contributed by atoms with van der Waals surface area (Å²) >= 11 is 5.67. The summed E-state index contributed by atoms with van der Waals surface area (Å²) in [7, 11) is -4.51. The summed E-state index contributed by atoms with van der Waals surface area (Å²) in [6.45, 7) is 0.777. The molecule has 3 aromatic rings. The first-order chi connectivity index (χ1) is 16.3. The molecule has 35 heavy (non-hydrogen) atoms. The predicted octanol–water partition coefficient (Wildman–Crippen LogP) is 5.20. The van der Waals surface area contributed by atoms with Crippen LogP contribution in [0.1, 0.15) is 21.5 Å². The number of benzene rings is 3. The third-order valence-corrected chi connectivity index (χ3v) is 6.99. The Hall–Kier alpha value is -3.57. The highest BCUT2D eigenvalue weighted by atomic mass is 35.5. The Kier molecular flexibility index (Phi) is 7.41. The van der Waals surface area contributed by atoms with Crippen molar-refractivity contribution in [1.82, 2.24) is 0 Å². The second kappa shape index (κ2) is 9.96. The van der Waals surface area contributed by atoms with Crippen molar-refractivity contribution in [3.8, 4) is 0 Å². The number of carbonyl (C=O) groups is 2. The minimum absolute atomic E-state index is 0.107. The molecule has 3 aromatic carbocycles. The van der Waals surface area contributed by atoms with Gasteiger partial charge < -0.3 is 10.4 Å². The Morgan fingerprint density at radius 2 is 1.66 bits per heavy atom. The molecule has 0 fully saturated rings. The number of para-hydroxylation sites is 1. The lowest BCUT2D eigenvalue weighted by molar-refractivity contribution is -0.137. The summed E-state index contributed by atoms with van der Waals surface area (Å²) in [5.41, 5.74) is -1.35. The molecule has 184 valence electrons. The van der Waals surface area contributed by atoms with Crippen LogP contribution in [0.3, 0.4) is 0 Å². The molecule has 0 aromatic heterocycles. The Morgan fingerprint density at radius 1 is 1.03 bits per heavy atom. The van der Waals surface area contributed by atoms with E-state index in [-0.39, 0.29) is 16.1 Å². The van der Waals surface area contributed by atoms with Crippen LogP contribution in [0.5, 0.6) is 0 Å². The first-order valence-corrected chi connectivity index (χ1v) is 11.7. The van der Waals surface area contributed by atoms with Gasteiger partial charge in [0.15, 0.2) is 0 Å². The molecule has 0 aliphatic carbocycles. The fourth-order valence-electron chi connectivity index (χ4n) is 3.14. The molecular weight excluding hydrogens is 509 g/mol. The van der Waals surface area contributed by atoms with Crippen LogP contribution in [0.2, 0.25) is 5.02 Å². The zero-order valence-electron chi connectivity index (χ0n) is 18.0. The maximum absolute atomic E-state index is 13.4. The molecule has 2 N–H and O–H groups in total. The van der Waals surface area contributed by atoms with Gasteiger partial charge in [-0.15, -0.1) is 0 Å². The van der Waals surface area contributed by atoms with E-state index >= 15 is 0 Å². The summed E-state index contributed by atoms with van der Waals surface area (Å²) in [4.78, 5) is 23.9. The zero-order valence-corrected chi connectivity index (χ0v) is 19.6. The van der Waals surface area contributed by atoms with E-state index in [9.17, 15) is 36.3 Å². The number of rotatable bonds is 7. The van der Waals surface area contributed by atoms with Gasteiger partial charge in [-0.2, -0.15) is 13.2 Å². The monoisotopic (exact) mass is 526 g/mol. The predicted molar refractivity (Wildman–Crippen MR) is 124 cm³/mol. The highest BCUT2D eigenvalue weighted by molar-refractivity contribution is 7.92. The van der Waals surface area contributed by atoms with Gasteiger partial charge in [-0.1, -0.05) is 41.4 Å².